The van der Waals surface area contributed by atoms with E-state index in [1.807, 2.05) is 55.7 Å². The van der Waals surface area contributed by atoms with E-state index >= 15 is 0 Å². The van der Waals surface area contributed by atoms with E-state index in [9.17, 15) is 5.11 Å². The fourth-order valence-corrected chi connectivity index (χ4v) is 2.91. The highest BCUT2D eigenvalue weighted by Crippen LogP contribution is 2.17. The predicted octanol–water partition coefficient (Wildman–Crippen LogP) is 3.07. The molecule has 6 nitrogen and oxygen atoms in total. The number of rotatable bonds is 10. The lowest BCUT2D eigenvalue weighted by Crippen LogP contribution is -2.35. The number of furan rings is 1. The minimum absolute atomic E-state index is 0.216. The molecular formula is C21H26N2O4. The molecule has 2 heterocycles. The largest absolute Gasteiger partial charge is 0.497 e. The Labute approximate surface area is 159 Å². The van der Waals surface area contributed by atoms with Crippen molar-refractivity contribution in [3.8, 4) is 11.5 Å². The molecule has 0 saturated heterocycles. The van der Waals surface area contributed by atoms with E-state index in [0.29, 0.717) is 25.4 Å². The molecule has 0 spiro atoms. The minimum Gasteiger partial charge on any atom is -0.497 e. The van der Waals surface area contributed by atoms with Crippen molar-refractivity contribution >= 4 is 0 Å². The Morgan fingerprint density at radius 3 is 2.48 bits per heavy atom. The maximum Gasteiger partial charge on any atom is 0.119 e. The first-order valence-electron chi connectivity index (χ1n) is 8.94. The van der Waals surface area contributed by atoms with E-state index in [-0.39, 0.29) is 6.61 Å². The predicted molar refractivity (Wildman–Crippen MR) is 103 cm³/mol. The first kappa shape index (κ1) is 19.1. The van der Waals surface area contributed by atoms with Gasteiger partial charge in [0, 0.05) is 32.0 Å². The summed E-state index contributed by atoms with van der Waals surface area (Å²) in [5.74, 6) is 2.34. The summed E-state index contributed by atoms with van der Waals surface area (Å²) in [4.78, 5) is 2.15. The Morgan fingerprint density at radius 1 is 1.07 bits per heavy atom. The fourth-order valence-electron chi connectivity index (χ4n) is 2.91. The number of methoxy groups -OCH3 is 1. The lowest BCUT2D eigenvalue weighted by molar-refractivity contribution is 0.0597. The van der Waals surface area contributed by atoms with Gasteiger partial charge >= 0.3 is 0 Å². The van der Waals surface area contributed by atoms with Gasteiger partial charge in [-0.25, -0.2) is 0 Å². The van der Waals surface area contributed by atoms with Crippen molar-refractivity contribution < 1.29 is 19.0 Å². The zero-order chi connectivity index (χ0) is 19.1. The van der Waals surface area contributed by atoms with Crippen LogP contribution in [0.4, 0.5) is 0 Å². The van der Waals surface area contributed by atoms with Crippen LogP contribution in [0.5, 0.6) is 11.5 Å². The number of ether oxygens (including phenoxy) is 2. The van der Waals surface area contributed by atoms with Crippen molar-refractivity contribution in [2.24, 2.45) is 7.05 Å². The quantitative estimate of drug-likeness (QED) is 0.594. The van der Waals surface area contributed by atoms with Gasteiger partial charge in [-0.05, 0) is 48.5 Å². The molecule has 3 rings (SSSR count). The maximum atomic E-state index is 10.5. The number of aliphatic hydroxyl groups is 1. The highest BCUT2D eigenvalue weighted by Gasteiger charge is 2.16. The second-order valence-corrected chi connectivity index (χ2v) is 6.50. The maximum absolute atomic E-state index is 10.5. The van der Waals surface area contributed by atoms with Gasteiger partial charge in [-0.1, -0.05) is 0 Å². The van der Waals surface area contributed by atoms with Gasteiger partial charge < -0.3 is 23.6 Å². The average Bonchev–Trinajstić information content (AvgIpc) is 3.32. The highest BCUT2D eigenvalue weighted by molar-refractivity contribution is 5.31. The van der Waals surface area contributed by atoms with E-state index in [0.717, 1.165) is 11.5 Å². The Hall–Kier alpha value is -2.70. The molecule has 6 heteroatoms. The normalized spacial score (nSPS) is 12.3. The molecular weight excluding hydrogens is 344 g/mol. The molecule has 1 unspecified atom stereocenters. The molecule has 0 aliphatic rings. The zero-order valence-electron chi connectivity index (χ0n) is 15.7. The molecule has 1 N–H and O–H groups in total. The lowest BCUT2D eigenvalue weighted by Gasteiger charge is -2.24. The Balaban J connectivity index is 1.57. The lowest BCUT2D eigenvalue weighted by atomic mass is 10.2. The van der Waals surface area contributed by atoms with E-state index < -0.39 is 6.10 Å². The molecule has 0 saturated carbocycles. The third-order valence-electron chi connectivity index (χ3n) is 4.37. The second-order valence-electron chi connectivity index (χ2n) is 6.50. The Kier molecular flexibility index (Phi) is 6.57. The smallest absolute Gasteiger partial charge is 0.119 e. The van der Waals surface area contributed by atoms with Gasteiger partial charge in [0.05, 0.1) is 19.9 Å². The average molecular weight is 370 g/mol. The summed E-state index contributed by atoms with van der Waals surface area (Å²) in [5, 5.41) is 10.5. The number of benzene rings is 1. The number of aryl methyl sites for hydroxylation is 1. The molecule has 0 fully saturated rings. The van der Waals surface area contributed by atoms with Crippen molar-refractivity contribution in [1.82, 2.24) is 9.47 Å². The van der Waals surface area contributed by atoms with Crippen molar-refractivity contribution in [3.63, 3.8) is 0 Å². The van der Waals surface area contributed by atoms with Gasteiger partial charge in [-0.15, -0.1) is 0 Å². The number of aromatic nitrogens is 1. The first-order chi connectivity index (χ1) is 13.1. The summed E-state index contributed by atoms with van der Waals surface area (Å²) in [6, 6.07) is 15.2. The van der Waals surface area contributed by atoms with Crippen LogP contribution in [0, 0.1) is 0 Å². The van der Waals surface area contributed by atoms with Crippen LogP contribution in [0.3, 0.4) is 0 Å². The van der Waals surface area contributed by atoms with Crippen LogP contribution in [0.1, 0.15) is 11.5 Å². The molecule has 0 aliphatic carbocycles. The molecule has 0 aliphatic heterocycles. The topological polar surface area (TPSA) is 60.0 Å². The van der Waals surface area contributed by atoms with Gasteiger partial charge in [0.15, 0.2) is 0 Å². The molecule has 0 radical (unpaired) electrons. The fraction of sp³-hybridized carbons (Fsp3) is 0.333. The Bertz CT molecular complexity index is 796. The van der Waals surface area contributed by atoms with Gasteiger partial charge in [0.25, 0.3) is 0 Å². The van der Waals surface area contributed by atoms with Gasteiger partial charge in [0.2, 0.25) is 0 Å². The number of aliphatic hydroxyl groups excluding tert-OH is 1. The van der Waals surface area contributed by atoms with Gasteiger partial charge in [-0.3, -0.25) is 4.90 Å². The molecule has 2 aromatic heterocycles. The molecule has 3 aromatic rings. The van der Waals surface area contributed by atoms with Crippen molar-refractivity contribution in [3.05, 3.63) is 72.4 Å². The molecule has 144 valence electrons. The van der Waals surface area contributed by atoms with E-state index in [2.05, 4.69) is 15.5 Å². The van der Waals surface area contributed by atoms with Gasteiger partial charge in [0.1, 0.15) is 30.0 Å². The summed E-state index contributed by atoms with van der Waals surface area (Å²) in [5.41, 5.74) is 1.17. The van der Waals surface area contributed by atoms with Crippen LogP contribution >= 0.6 is 0 Å². The van der Waals surface area contributed by atoms with Crippen LogP contribution in [0.2, 0.25) is 0 Å². The summed E-state index contributed by atoms with van der Waals surface area (Å²) in [6.45, 7) is 2.03. The summed E-state index contributed by atoms with van der Waals surface area (Å²) in [7, 11) is 3.64. The second kappa shape index (κ2) is 9.30. The van der Waals surface area contributed by atoms with E-state index in [1.165, 1.54) is 5.69 Å². The monoisotopic (exact) mass is 370 g/mol. The number of hydrogen-bond donors (Lipinski definition) is 1. The van der Waals surface area contributed by atoms with Crippen LogP contribution in [0.15, 0.2) is 65.4 Å². The number of hydrogen-bond acceptors (Lipinski definition) is 5. The van der Waals surface area contributed by atoms with Crippen molar-refractivity contribution in [2.75, 3.05) is 20.3 Å². The van der Waals surface area contributed by atoms with Crippen LogP contribution in [0.25, 0.3) is 0 Å². The van der Waals surface area contributed by atoms with Gasteiger partial charge in [-0.2, -0.15) is 0 Å². The van der Waals surface area contributed by atoms with E-state index in [1.54, 1.807) is 13.4 Å². The number of nitrogens with zero attached hydrogens (tertiary/aromatic N) is 2. The van der Waals surface area contributed by atoms with E-state index in [4.69, 9.17) is 13.9 Å². The molecule has 0 amide bonds. The van der Waals surface area contributed by atoms with Crippen LogP contribution in [-0.4, -0.2) is 40.9 Å². The summed E-state index contributed by atoms with van der Waals surface area (Å²) in [6.07, 6.45) is 3.06. The molecule has 0 bridgehead atoms. The molecule has 27 heavy (non-hydrogen) atoms. The SMILES string of the molecule is COc1ccc(OCC(O)CN(Cc2ccco2)Cc2cccn2C)cc1. The summed E-state index contributed by atoms with van der Waals surface area (Å²) < 4.78 is 18.4. The molecule has 1 atom stereocenters. The van der Waals surface area contributed by atoms with Crippen LogP contribution in [-0.2, 0) is 20.1 Å². The standard InChI is InChI=1S/C21H26N2O4/c1-22-11-3-5-17(22)13-23(15-21-6-4-12-26-21)14-18(24)16-27-20-9-7-19(25-2)8-10-20/h3-12,18,24H,13-16H2,1-2H3. The Morgan fingerprint density at radius 2 is 1.85 bits per heavy atom. The third kappa shape index (κ3) is 5.64. The van der Waals surface area contributed by atoms with Crippen LogP contribution < -0.4 is 9.47 Å². The summed E-state index contributed by atoms with van der Waals surface area (Å²) >= 11 is 0. The highest BCUT2D eigenvalue weighted by atomic mass is 16.5. The minimum atomic E-state index is -0.623. The third-order valence-corrected chi connectivity index (χ3v) is 4.37. The zero-order valence-corrected chi connectivity index (χ0v) is 15.7. The van der Waals surface area contributed by atoms with Crippen molar-refractivity contribution in [2.45, 2.75) is 19.2 Å². The first-order valence-corrected chi connectivity index (χ1v) is 8.94. The molecule has 1 aromatic carbocycles. The van der Waals surface area contributed by atoms with Crippen molar-refractivity contribution in [1.29, 1.82) is 0 Å².